The van der Waals surface area contributed by atoms with Gasteiger partial charge in [-0.1, -0.05) is 0 Å². The van der Waals surface area contributed by atoms with Crippen LogP contribution in [0.4, 0.5) is 13.2 Å². The fraction of sp³-hybridized carbons (Fsp3) is 0.500. The molecule has 33 heavy (non-hydrogen) atoms. The van der Waals surface area contributed by atoms with Gasteiger partial charge in [0.15, 0.2) is 12.0 Å². The highest BCUT2D eigenvalue weighted by Crippen LogP contribution is 2.34. The van der Waals surface area contributed by atoms with Crippen molar-refractivity contribution in [2.24, 2.45) is 5.92 Å². The number of benzene rings is 1. The van der Waals surface area contributed by atoms with E-state index in [-0.39, 0.29) is 30.4 Å². The predicted octanol–water partition coefficient (Wildman–Crippen LogP) is 3.29. The van der Waals surface area contributed by atoms with Crippen molar-refractivity contribution in [2.45, 2.75) is 32.2 Å². The molecule has 3 heterocycles. The van der Waals surface area contributed by atoms with Crippen molar-refractivity contribution in [3.8, 4) is 5.69 Å². The van der Waals surface area contributed by atoms with E-state index in [9.17, 15) is 22.8 Å². The van der Waals surface area contributed by atoms with Gasteiger partial charge in [-0.3, -0.25) is 4.79 Å². The average Bonchev–Trinajstić information content (AvgIpc) is 3.49. The summed E-state index contributed by atoms with van der Waals surface area (Å²) in [5.41, 5.74) is -1.46. The molecular formula is C22H24F3N3O5. The van der Waals surface area contributed by atoms with Crippen LogP contribution < -0.4 is 0 Å². The van der Waals surface area contributed by atoms with Crippen LogP contribution in [0.3, 0.4) is 0 Å². The van der Waals surface area contributed by atoms with Crippen LogP contribution in [0.15, 0.2) is 30.5 Å². The summed E-state index contributed by atoms with van der Waals surface area (Å²) < 4.78 is 57.5. The summed E-state index contributed by atoms with van der Waals surface area (Å²) in [5, 5.41) is 3.74. The molecule has 11 heteroatoms. The highest BCUT2D eigenvalue weighted by Gasteiger charge is 2.41. The monoisotopic (exact) mass is 467 g/mol. The quantitative estimate of drug-likeness (QED) is 0.628. The van der Waals surface area contributed by atoms with Crippen LogP contribution in [0.5, 0.6) is 0 Å². The largest absolute Gasteiger partial charge is 0.462 e. The van der Waals surface area contributed by atoms with Crippen LogP contribution in [0.2, 0.25) is 0 Å². The maximum absolute atomic E-state index is 13.7. The Morgan fingerprint density at radius 1 is 1.12 bits per heavy atom. The number of ether oxygens (including phenoxy) is 3. The second kappa shape index (κ2) is 9.52. The van der Waals surface area contributed by atoms with E-state index in [1.54, 1.807) is 4.90 Å². The molecule has 8 nitrogen and oxygen atoms in total. The zero-order valence-corrected chi connectivity index (χ0v) is 18.0. The van der Waals surface area contributed by atoms with Crippen LogP contribution in [-0.4, -0.2) is 65.8 Å². The SMILES string of the molecule is CCOC(=O)c1cnn(-c2ccc(C(=O)N3CCC(C4OCCO4)CC3)cc2)c1C(F)(F)F. The first kappa shape index (κ1) is 23.2. The molecule has 1 aromatic carbocycles. The van der Waals surface area contributed by atoms with Gasteiger partial charge in [-0.05, 0) is 44.0 Å². The van der Waals surface area contributed by atoms with Crippen LogP contribution in [0.1, 0.15) is 46.2 Å². The first-order chi connectivity index (χ1) is 15.8. The molecule has 0 aliphatic carbocycles. The van der Waals surface area contributed by atoms with Gasteiger partial charge in [-0.2, -0.15) is 18.3 Å². The van der Waals surface area contributed by atoms with Gasteiger partial charge in [0.2, 0.25) is 0 Å². The average molecular weight is 467 g/mol. The van der Waals surface area contributed by atoms with E-state index in [1.165, 1.54) is 31.2 Å². The fourth-order valence-electron chi connectivity index (χ4n) is 4.13. The minimum absolute atomic E-state index is 0.0595. The molecule has 2 fully saturated rings. The number of esters is 1. The molecule has 178 valence electrons. The van der Waals surface area contributed by atoms with Gasteiger partial charge in [-0.25, -0.2) is 9.48 Å². The molecular weight excluding hydrogens is 443 g/mol. The van der Waals surface area contributed by atoms with Crippen molar-refractivity contribution >= 4 is 11.9 Å². The van der Waals surface area contributed by atoms with E-state index < -0.39 is 23.4 Å². The number of carbonyl (C=O) groups is 2. The lowest BCUT2D eigenvalue weighted by Gasteiger charge is -2.33. The van der Waals surface area contributed by atoms with Crippen molar-refractivity contribution in [1.29, 1.82) is 0 Å². The number of carbonyl (C=O) groups excluding carboxylic acids is 2. The van der Waals surface area contributed by atoms with Crippen molar-refractivity contribution in [2.75, 3.05) is 32.9 Å². The molecule has 0 unspecified atom stereocenters. The van der Waals surface area contributed by atoms with Gasteiger partial charge in [0.1, 0.15) is 5.56 Å². The zero-order chi connectivity index (χ0) is 23.6. The Labute approximate surface area is 188 Å². The molecule has 0 N–H and O–H groups in total. The number of alkyl halides is 3. The second-order valence-electron chi connectivity index (χ2n) is 7.82. The van der Waals surface area contributed by atoms with E-state index in [2.05, 4.69) is 5.10 Å². The molecule has 0 radical (unpaired) electrons. The zero-order valence-electron chi connectivity index (χ0n) is 18.0. The Hall–Kier alpha value is -2.92. The van der Waals surface area contributed by atoms with Crippen LogP contribution >= 0.6 is 0 Å². The van der Waals surface area contributed by atoms with Gasteiger partial charge in [0, 0.05) is 24.6 Å². The molecule has 2 aliphatic heterocycles. The summed E-state index contributed by atoms with van der Waals surface area (Å²) in [6.45, 7) is 3.72. The van der Waals surface area contributed by atoms with Crippen LogP contribution in [-0.2, 0) is 20.4 Å². The number of halogens is 3. The first-order valence-electron chi connectivity index (χ1n) is 10.7. The summed E-state index contributed by atoms with van der Waals surface area (Å²) in [6.07, 6.45) is -2.69. The van der Waals surface area contributed by atoms with Crippen molar-refractivity contribution in [1.82, 2.24) is 14.7 Å². The van der Waals surface area contributed by atoms with Gasteiger partial charge >= 0.3 is 12.1 Å². The van der Waals surface area contributed by atoms with Gasteiger partial charge in [0.25, 0.3) is 5.91 Å². The normalized spacial score (nSPS) is 18.0. The minimum atomic E-state index is -4.83. The Morgan fingerprint density at radius 3 is 2.33 bits per heavy atom. The maximum Gasteiger partial charge on any atom is 0.434 e. The number of aromatic nitrogens is 2. The third-order valence-electron chi connectivity index (χ3n) is 5.75. The number of rotatable bonds is 5. The smallest absolute Gasteiger partial charge is 0.434 e. The van der Waals surface area contributed by atoms with Crippen LogP contribution in [0, 0.1) is 5.92 Å². The molecule has 1 amide bonds. The number of likely N-dealkylation sites (tertiary alicyclic amines) is 1. The Kier molecular flexibility index (Phi) is 6.71. The third kappa shape index (κ3) is 4.88. The predicted molar refractivity (Wildman–Crippen MR) is 109 cm³/mol. The van der Waals surface area contributed by atoms with Gasteiger partial charge in [-0.15, -0.1) is 0 Å². The van der Waals surface area contributed by atoms with Gasteiger partial charge < -0.3 is 19.1 Å². The van der Waals surface area contributed by atoms with E-state index in [0.29, 0.717) is 36.5 Å². The summed E-state index contributed by atoms with van der Waals surface area (Å²) in [5.74, 6) is -1.05. The lowest BCUT2D eigenvalue weighted by molar-refractivity contribution is -0.143. The molecule has 0 atom stereocenters. The summed E-state index contributed by atoms with van der Waals surface area (Å²) >= 11 is 0. The molecule has 4 rings (SSSR count). The minimum Gasteiger partial charge on any atom is -0.462 e. The number of nitrogens with zero attached hydrogens (tertiary/aromatic N) is 3. The fourth-order valence-corrected chi connectivity index (χ4v) is 4.13. The summed E-state index contributed by atoms with van der Waals surface area (Å²) in [7, 11) is 0. The number of hydrogen-bond acceptors (Lipinski definition) is 6. The van der Waals surface area contributed by atoms with Gasteiger partial charge in [0.05, 0.1) is 31.7 Å². The number of hydrogen-bond donors (Lipinski definition) is 0. The Bertz CT molecular complexity index is 992. The van der Waals surface area contributed by atoms with E-state index >= 15 is 0 Å². The van der Waals surface area contributed by atoms with Crippen molar-refractivity contribution in [3.63, 3.8) is 0 Å². The second-order valence-corrected chi connectivity index (χ2v) is 7.82. The van der Waals surface area contributed by atoms with Crippen molar-refractivity contribution < 1.29 is 37.0 Å². The van der Waals surface area contributed by atoms with E-state index in [4.69, 9.17) is 14.2 Å². The molecule has 2 saturated heterocycles. The topological polar surface area (TPSA) is 82.9 Å². The standard InChI is InChI=1S/C22H24F3N3O5/c1-2-31-20(30)17-13-26-28(18(17)22(23,24)25)16-5-3-14(4-6-16)19(29)27-9-7-15(8-10-27)21-32-11-12-33-21/h3-6,13,15,21H,2,7-12H2,1H3. The summed E-state index contributed by atoms with van der Waals surface area (Å²) in [6, 6.07) is 5.66. The molecule has 1 aromatic heterocycles. The molecule has 2 aromatic rings. The molecule has 0 bridgehead atoms. The highest BCUT2D eigenvalue weighted by atomic mass is 19.4. The Balaban J connectivity index is 1.48. The number of amides is 1. The Morgan fingerprint density at radius 2 is 1.76 bits per heavy atom. The maximum atomic E-state index is 13.7. The third-order valence-corrected chi connectivity index (χ3v) is 5.75. The molecule has 0 spiro atoms. The van der Waals surface area contributed by atoms with Crippen LogP contribution in [0.25, 0.3) is 5.69 Å². The highest BCUT2D eigenvalue weighted by molar-refractivity contribution is 5.94. The summed E-state index contributed by atoms with van der Waals surface area (Å²) in [4.78, 5) is 26.5. The van der Waals surface area contributed by atoms with Crippen molar-refractivity contribution in [3.05, 3.63) is 47.3 Å². The lowest BCUT2D eigenvalue weighted by atomic mass is 9.95. The van der Waals surface area contributed by atoms with E-state index in [0.717, 1.165) is 19.0 Å². The number of piperidine rings is 1. The first-order valence-corrected chi connectivity index (χ1v) is 10.7. The lowest BCUT2D eigenvalue weighted by Crippen LogP contribution is -2.41. The molecule has 2 aliphatic rings. The molecule has 0 saturated carbocycles. The van der Waals surface area contributed by atoms with E-state index in [1.807, 2.05) is 0 Å².